The predicted molar refractivity (Wildman–Crippen MR) is 114 cm³/mol. The van der Waals surface area contributed by atoms with Crippen LogP contribution in [0, 0.1) is 0 Å². The highest BCUT2D eigenvalue weighted by atomic mass is 16.2. The lowest BCUT2D eigenvalue weighted by atomic mass is 9.99. The zero-order valence-corrected chi connectivity index (χ0v) is 18.3. The Morgan fingerprint density at radius 2 is 1.90 bits per heavy atom. The Labute approximate surface area is 178 Å². The van der Waals surface area contributed by atoms with E-state index in [1.807, 2.05) is 13.8 Å². The average molecular weight is 424 g/mol. The minimum Gasteiger partial charge on any atom is -0.399 e. The first-order valence-electron chi connectivity index (χ1n) is 10.8. The third kappa shape index (κ3) is 6.33. The molecule has 0 aliphatic carbocycles. The SMILES string of the molecule is CNCC(=O)NC1CCCCC2CCC(C(=O)NC/C(N)=C/N(N)C(C)C)N2C1=O. The van der Waals surface area contributed by atoms with Crippen molar-refractivity contribution in [3.05, 3.63) is 11.9 Å². The number of hydrazine groups is 1. The van der Waals surface area contributed by atoms with E-state index in [0.29, 0.717) is 18.5 Å². The highest BCUT2D eigenvalue weighted by molar-refractivity contribution is 5.93. The number of carbonyl (C=O) groups excluding carboxylic acids is 3. The van der Waals surface area contributed by atoms with E-state index in [9.17, 15) is 14.4 Å². The van der Waals surface area contributed by atoms with Gasteiger partial charge in [-0.25, -0.2) is 5.84 Å². The highest BCUT2D eigenvalue weighted by Crippen LogP contribution is 2.31. The van der Waals surface area contributed by atoms with Gasteiger partial charge in [0.1, 0.15) is 12.1 Å². The van der Waals surface area contributed by atoms with Crippen molar-refractivity contribution in [2.24, 2.45) is 11.6 Å². The summed E-state index contributed by atoms with van der Waals surface area (Å²) in [7, 11) is 1.68. The molecule has 10 heteroatoms. The van der Waals surface area contributed by atoms with Crippen molar-refractivity contribution in [2.75, 3.05) is 20.1 Å². The number of nitrogens with one attached hydrogen (secondary N) is 3. The van der Waals surface area contributed by atoms with Crippen LogP contribution in [0.2, 0.25) is 0 Å². The summed E-state index contributed by atoms with van der Waals surface area (Å²) >= 11 is 0. The lowest BCUT2D eigenvalue weighted by Gasteiger charge is -2.35. The minimum atomic E-state index is -0.594. The molecule has 2 heterocycles. The van der Waals surface area contributed by atoms with E-state index >= 15 is 0 Å². The molecule has 3 unspecified atom stereocenters. The van der Waals surface area contributed by atoms with Crippen molar-refractivity contribution >= 4 is 17.7 Å². The number of hydrogen-bond donors (Lipinski definition) is 5. The fourth-order valence-electron chi connectivity index (χ4n) is 4.02. The van der Waals surface area contributed by atoms with Crippen LogP contribution in [0.15, 0.2) is 11.9 Å². The number of nitrogens with zero attached hydrogens (tertiary/aromatic N) is 2. The summed E-state index contributed by atoms with van der Waals surface area (Å²) in [6.07, 6.45) is 6.31. The van der Waals surface area contributed by atoms with Crippen LogP contribution < -0.4 is 27.5 Å². The summed E-state index contributed by atoms with van der Waals surface area (Å²) in [5.41, 5.74) is 6.40. The quantitative estimate of drug-likeness (QED) is 0.252. The van der Waals surface area contributed by atoms with E-state index < -0.39 is 12.1 Å². The van der Waals surface area contributed by atoms with Crippen molar-refractivity contribution in [1.29, 1.82) is 0 Å². The van der Waals surface area contributed by atoms with Crippen LogP contribution in [-0.2, 0) is 14.4 Å². The summed E-state index contributed by atoms with van der Waals surface area (Å²) in [6.45, 7) is 4.17. The zero-order chi connectivity index (χ0) is 22.3. The lowest BCUT2D eigenvalue weighted by Crippen LogP contribution is -2.57. The number of nitrogens with two attached hydrogens (primary N) is 2. The van der Waals surface area contributed by atoms with Crippen LogP contribution in [0.1, 0.15) is 52.4 Å². The van der Waals surface area contributed by atoms with E-state index in [1.54, 1.807) is 18.1 Å². The average Bonchev–Trinajstić information content (AvgIpc) is 3.10. The predicted octanol–water partition coefficient (Wildman–Crippen LogP) is -0.875. The molecule has 2 aliphatic rings. The maximum atomic E-state index is 13.2. The van der Waals surface area contributed by atoms with Gasteiger partial charge in [-0.05, 0) is 46.6 Å². The molecule has 0 radical (unpaired) electrons. The second kappa shape index (κ2) is 11.2. The fraction of sp³-hybridized carbons (Fsp3) is 0.750. The Morgan fingerprint density at radius 3 is 2.57 bits per heavy atom. The topological polar surface area (TPSA) is 146 Å². The largest absolute Gasteiger partial charge is 0.399 e. The lowest BCUT2D eigenvalue weighted by molar-refractivity contribution is -0.144. The first kappa shape index (κ1) is 23.9. The van der Waals surface area contributed by atoms with Gasteiger partial charge in [0, 0.05) is 24.0 Å². The molecule has 0 aromatic heterocycles. The van der Waals surface area contributed by atoms with Gasteiger partial charge in [0.25, 0.3) is 0 Å². The van der Waals surface area contributed by atoms with Crippen molar-refractivity contribution in [2.45, 2.75) is 76.5 Å². The summed E-state index contributed by atoms with van der Waals surface area (Å²) in [5, 5.41) is 9.92. The number of rotatable bonds is 8. The fourth-order valence-corrected chi connectivity index (χ4v) is 4.02. The first-order valence-corrected chi connectivity index (χ1v) is 10.8. The van der Waals surface area contributed by atoms with Crippen LogP contribution in [-0.4, -0.2) is 71.9 Å². The molecule has 0 aromatic carbocycles. The van der Waals surface area contributed by atoms with Gasteiger partial charge >= 0.3 is 0 Å². The Morgan fingerprint density at radius 1 is 1.20 bits per heavy atom. The number of amides is 3. The molecule has 3 atom stereocenters. The van der Waals surface area contributed by atoms with Gasteiger partial charge in [-0.1, -0.05) is 12.8 Å². The molecule has 0 aromatic rings. The second-order valence-corrected chi connectivity index (χ2v) is 8.39. The van der Waals surface area contributed by atoms with Crippen LogP contribution in [0.3, 0.4) is 0 Å². The van der Waals surface area contributed by atoms with Gasteiger partial charge < -0.3 is 31.6 Å². The molecule has 7 N–H and O–H groups in total. The molecule has 0 saturated carbocycles. The van der Waals surface area contributed by atoms with E-state index in [1.165, 1.54) is 5.01 Å². The standard InChI is InChI=1S/C20H37N7O3/c1-13(2)26(22)12-14(21)10-24-19(29)17-9-8-15-6-4-5-7-16(20(30)27(15)17)25-18(28)11-23-3/h12-13,15-17,23H,4-11,21-22H2,1-3H3,(H,24,29)(H,25,28)/b14-12-. The van der Waals surface area contributed by atoms with Crippen molar-refractivity contribution in [1.82, 2.24) is 25.9 Å². The number of likely N-dealkylation sites (N-methyl/N-ethyl adjacent to an activating group) is 1. The molecule has 2 aliphatic heterocycles. The second-order valence-electron chi connectivity index (χ2n) is 8.39. The van der Waals surface area contributed by atoms with Crippen LogP contribution in [0.25, 0.3) is 0 Å². The van der Waals surface area contributed by atoms with Gasteiger partial charge in [-0.15, -0.1) is 0 Å². The van der Waals surface area contributed by atoms with Crippen molar-refractivity contribution in [3.63, 3.8) is 0 Å². The van der Waals surface area contributed by atoms with Crippen molar-refractivity contribution < 1.29 is 14.4 Å². The highest BCUT2D eigenvalue weighted by Gasteiger charge is 2.43. The monoisotopic (exact) mass is 423 g/mol. The zero-order valence-electron chi connectivity index (χ0n) is 18.3. The Balaban J connectivity index is 2.05. The molecule has 30 heavy (non-hydrogen) atoms. The minimum absolute atomic E-state index is 0.0330. The van der Waals surface area contributed by atoms with Crippen LogP contribution >= 0.6 is 0 Å². The van der Waals surface area contributed by atoms with Crippen molar-refractivity contribution in [3.8, 4) is 0 Å². The number of hydrogen-bond acceptors (Lipinski definition) is 7. The maximum Gasteiger partial charge on any atom is 0.246 e. The molecular weight excluding hydrogens is 386 g/mol. The normalized spacial score (nSPS) is 24.8. The molecule has 2 rings (SSSR count). The molecule has 2 fully saturated rings. The number of carbonyl (C=O) groups is 3. The number of fused-ring (bicyclic) bond motifs is 1. The summed E-state index contributed by atoms with van der Waals surface area (Å²) in [5.74, 6) is 5.22. The molecular formula is C20H37N7O3. The van der Waals surface area contributed by atoms with Crippen LogP contribution in [0.4, 0.5) is 0 Å². The summed E-state index contributed by atoms with van der Waals surface area (Å²) < 4.78 is 0. The smallest absolute Gasteiger partial charge is 0.246 e. The van der Waals surface area contributed by atoms with E-state index in [2.05, 4.69) is 16.0 Å². The maximum absolute atomic E-state index is 13.2. The van der Waals surface area contributed by atoms with Gasteiger partial charge in [-0.2, -0.15) is 0 Å². The molecule has 0 spiro atoms. The summed E-state index contributed by atoms with van der Waals surface area (Å²) in [6, 6.07) is -1.02. The van der Waals surface area contributed by atoms with E-state index in [0.717, 1.165) is 25.7 Å². The Kier molecular flexibility index (Phi) is 8.91. The molecule has 170 valence electrons. The van der Waals surface area contributed by atoms with Gasteiger partial charge in [0.05, 0.1) is 13.1 Å². The Hall–Kier alpha value is -2.33. The third-order valence-corrected chi connectivity index (χ3v) is 5.69. The third-order valence-electron chi connectivity index (χ3n) is 5.69. The van der Waals surface area contributed by atoms with Gasteiger partial charge in [0.2, 0.25) is 17.7 Å². The van der Waals surface area contributed by atoms with Gasteiger partial charge in [0.15, 0.2) is 0 Å². The molecule has 3 amide bonds. The molecule has 0 bridgehead atoms. The first-order chi connectivity index (χ1) is 14.2. The molecule has 10 nitrogen and oxygen atoms in total. The van der Waals surface area contributed by atoms with E-state index in [-0.39, 0.29) is 42.9 Å². The summed E-state index contributed by atoms with van der Waals surface area (Å²) in [4.78, 5) is 39.8. The van der Waals surface area contributed by atoms with Gasteiger partial charge in [-0.3, -0.25) is 14.4 Å². The Bertz CT molecular complexity index is 652. The molecule has 2 saturated heterocycles. The van der Waals surface area contributed by atoms with Crippen LogP contribution in [0.5, 0.6) is 0 Å². The van der Waals surface area contributed by atoms with E-state index in [4.69, 9.17) is 11.6 Å².